The van der Waals surface area contributed by atoms with Crippen LogP contribution >= 0.6 is 0 Å². The zero-order valence-electron chi connectivity index (χ0n) is 17.1. The molecule has 136 valence electrons. The van der Waals surface area contributed by atoms with Crippen LogP contribution in [0.25, 0.3) is 0 Å². The van der Waals surface area contributed by atoms with E-state index in [1.54, 1.807) is 7.11 Å². The van der Waals surface area contributed by atoms with Gasteiger partial charge in [0, 0.05) is 0 Å². The monoisotopic (exact) mass is 330 g/mol. The van der Waals surface area contributed by atoms with Crippen molar-refractivity contribution in [2.75, 3.05) is 7.11 Å². The molecule has 0 saturated heterocycles. The largest absolute Gasteiger partial charge is 0.497 e. The predicted molar refractivity (Wildman–Crippen MR) is 110 cm³/mol. The molecule has 0 heterocycles. The number of ether oxygens (including phenoxy) is 1. The van der Waals surface area contributed by atoms with Gasteiger partial charge in [0.05, 0.1) is 7.11 Å². The third-order valence-electron chi connectivity index (χ3n) is 3.19. The fourth-order valence-corrected chi connectivity index (χ4v) is 2.01. The number of hydrogen-bond donors (Lipinski definition) is 0. The van der Waals surface area contributed by atoms with Crippen LogP contribution in [0.2, 0.25) is 0 Å². The van der Waals surface area contributed by atoms with Gasteiger partial charge in [0.2, 0.25) is 0 Å². The Morgan fingerprint density at radius 1 is 0.792 bits per heavy atom. The Labute approximate surface area is 151 Å². The lowest BCUT2D eigenvalue weighted by atomic mass is 10.1. The fourth-order valence-electron chi connectivity index (χ4n) is 2.01. The van der Waals surface area contributed by atoms with Crippen molar-refractivity contribution in [1.29, 1.82) is 0 Å². The molecule has 0 aliphatic rings. The van der Waals surface area contributed by atoms with E-state index in [1.165, 1.54) is 23.1 Å². The van der Waals surface area contributed by atoms with Gasteiger partial charge >= 0.3 is 0 Å². The summed E-state index contributed by atoms with van der Waals surface area (Å²) < 4.78 is 5.05. The van der Waals surface area contributed by atoms with Crippen LogP contribution in [-0.2, 0) is 12.8 Å². The normalized spacial score (nSPS) is 8.50. The summed E-state index contributed by atoms with van der Waals surface area (Å²) in [6, 6.07) is 16.8. The Balaban J connectivity index is 0. The van der Waals surface area contributed by atoms with Crippen molar-refractivity contribution in [3.05, 3.63) is 65.2 Å². The molecular formula is C23H38O. The van der Waals surface area contributed by atoms with Crippen LogP contribution in [0.1, 0.15) is 64.7 Å². The average molecular weight is 331 g/mol. The zero-order valence-corrected chi connectivity index (χ0v) is 17.1. The summed E-state index contributed by atoms with van der Waals surface area (Å²) in [6.07, 6.45) is 3.50. The van der Waals surface area contributed by atoms with E-state index in [-0.39, 0.29) is 0 Å². The molecule has 0 aliphatic heterocycles. The molecule has 0 atom stereocenters. The van der Waals surface area contributed by atoms with Crippen molar-refractivity contribution in [2.45, 2.75) is 67.7 Å². The topological polar surface area (TPSA) is 9.23 Å². The van der Waals surface area contributed by atoms with Gasteiger partial charge in [0.25, 0.3) is 0 Å². The lowest BCUT2D eigenvalue weighted by molar-refractivity contribution is 0.414. The van der Waals surface area contributed by atoms with Crippen molar-refractivity contribution < 1.29 is 4.74 Å². The first kappa shape index (κ1) is 24.5. The second-order valence-electron chi connectivity index (χ2n) is 4.94. The molecular weight excluding hydrogens is 292 g/mol. The van der Waals surface area contributed by atoms with Crippen molar-refractivity contribution in [3.8, 4) is 5.75 Å². The van der Waals surface area contributed by atoms with Crippen molar-refractivity contribution in [2.24, 2.45) is 0 Å². The molecule has 0 radical (unpaired) electrons. The Hall–Kier alpha value is -1.76. The highest BCUT2D eigenvalue weighted by Gasteiger charge is 1.91. The van der Waals surface area contributed by atoms with Crippen LogP contribution in [0.15, 0.2) is 48.5 Å². The minimum absolute atomic E-state index is 0.935. The summed E-state index contributed by atoms with van der Waals surface area (Å²) >= 11 is 0. The van der Waals surface area contributed by atoms with Crippen molar-refractivity contribution in [3.63, 3.8) is 0 Å². The highest BCUT2D eigenvalue weighted by atomic mass is 16.5. The maximum Gasteiger partial charge on any atom is 0.118 e. The third-order valence-corrected chi connectivity index (χ3v) is 3.19. The second kappa shape index (κ2) is 17.6. The van der Waals surface area contributed by atoms with E-state index >= 15 is 0 Å². The van der Waals surface area contributed by atoms with Gasteiger partial charge in [-0.05, 0) is 43.0 Å². The Bertz CT molecular complexity index is 486. The first-order valence-corrected chi connectivity index (χ1v) is 9.38. The van der Waals surface area contributed by atoms with Crippen molar-refractivity contribution >= 4 is 0 Å². The van der Waals surface area contributed by atoms with Crippen LogP contribution in [-0.4, -0.2) is 7.11 Å². The van der Waals surface area contributed by atoms with E-state index < -0.39 is 0 Å². The molecule has 0 N–H and O–H groups in total. The van der Waals surface area contributed by atoms with Gasteiger partial charge in [-0.15, -0.1) is 0 Å². The summed E-state index contributed by atoms with van der Waals surface area (Å²) in [6.45, 7) is 14.5. The van der Waals surface area contributed by atoms with Gasteiger partial charge < -0.3 is 4.74 Å². The van der Waals surface area contributed by atoms with Crippen LogP contribution in [0, 0.1) is 6.92 Å². The molecule has 0 fully saturated rings. The molecule has 0 aliphatic carbocycles. The maximum absolute atomic E-state index is 5.05. The van der Waals surface area contributed by atoms with Gasteiger partial charge in [-0.2, -0.15) is 0 Å². The molecule has 1 nitrogen and oxygen atoms in total. The molecule has 0 aromatic heterocycles. The smallest absolute Gasteiger partial charge is 0.118 e. The van der Waals surface area contributed by atoms with E-state index in [2.05, 4.69) is 57.2 Å². The summed E-state index contributed by atoms with van der Waals surface area (Å²) in [5.74, 6) is 0.935. The van der Waals surface area contributed by atoms with Crippen LogP contribution in [0.3, 0.4) is 0 Å². The van der Waals surface area contributed by atoms with Crippen LogP contribution in [0.4, 0.5) is 0 Å². The first-order valence-electron chi connectivity index (χ1n) is 9.38. The molecule has 2 aromatic carbocycles. The molecule has 2 rings (SSSR count). The number of aryl methyl sites for hydroxylation is 3. The fraction of sp³-hybridized carbons (Fsp3) is 0.478. The molecule has 0 spiro atoms. The predicted octanol–water partition coefficient (Wildman–Crippen LogP) is 7.26. The van der Waals surface area contributed by atoms with E-state index in [0.29, 0.717) is 0 Å². The zero-order chi connectivity index (χ0) is 18.8. The first-order chi connectivity index (χ1) is 11.7. The third kappa shape index (κ3) is 11.8. The number of methoxy groups -OCH3 is 1. The van der Waals surface area contributed by atoms with E-state index in [9.17, 15) is 0 Å². The van der Waals surface area contributed by atoms with E-state index in [0.717, 1.165) is 18.6 Å². The van der Waals surface area contributed by atoms with Crippen molar-refractivity contribution in [1.82, 2.24) is 0 Å². The SMILES string of the molecule is CC.CC.CCCc1ccc(OC)cc1.CCc1cccc(C)c1. The quantitative estimate of drug-likeness (QED) is 0.573. The summed E-state index contributed by atoms with van der Waals surface area (Å²) in [5.41, 5.74) is 4.16. The molecule has 0 bridgehead atoms. The number of rotatable bonds is 4. The minimum Gasteiger partial charge on any atom is -0.497 e. The Kier molecular flexibility index (Phi) is 18.0. The summed E-state index contributed by atoms with van der Waals surface area (Å²) in [7, 11) is 1.69. The van der Waals surface area contributed by atoms with Crippen LogP contribution < -0.4 is 4.74 Å². The molecule has 24 heavy (non-hydrogen) atoms. The highest BCUT2D eigenvalue weighted by molar-refractivity contribution is 5.27. The van der Waals surface area contributed by atoms with Gasteiger partial charge in [-0.25, -0.2) is 0 Å². The van der Waals surface area contributed by atoms with Crippen LogP contribution in [0.5, 0.6) is 5.75 Å². The lowest BCUT2D eigenvalue weighted by Gasteiger charge is -2.00. The molecule has 2 aromatic rings. The molecule has 0 unspecified atom stereocenters. The minimum atomic E-state index is 0.935. The standard InChI is InChI=1S/C10H14O.C9H12.2C2H6/c1-3-4-9-5-7-10(11-2)8-6-9;1-3-9-6-4-5-8(2)7-9;2*1-2/h5-8H,3-4H2,1-2H3;4-7H,3H2,1-2H3;2*1-2H3. The molecule has 0 saturated carbocycles. The second-order valence-corrected chi connectivity index (χ2v) is 4.94. The summed E-state index contributed by atoms with van der Waals surface area (Å²) in [5, 5.41) is 0. The van der Waals surface area contributed by atoms with Gasteiger partial charge in [0.1, 0.15) is 5.75 Å². The molecule has 0 amide bonds. The van der Waals surface area contributed by atoms with E-state index in [1.807, 2.05) is 39.8 Å². The Morgan fingerprint density at radius 3 is 1.75 bits per heavy atom. The average Bonchev–Trinajstić information content (AvgIpc) is 2.66. The highest BCUT2D eigenvalue weighted by Crippen LogP contribution is 2.12. The Morgan fingerprint density at radius 2 is 1.38 bits per heavy atom. The summed E-state index contributed by atoms with van der Waals surface area (Å²) in [4.78, 5) is 0. The van der Waals surface area contributed by atoms with Gasteiger partial charge in [0.15, 0.2) is 0 Å². The van der Waals surface area contributed by atoms with E-state index in [4.69, 9.17) is 4.74 Å². The maximum atomic E-state index is 5.05. The number of hydrogen-bond acceptors (Lipinski definition) is 1. The lowest BCUT2D eigenvalue weighted by Crippen LogP contribution is -1.84. The molecule has 1 heteroatoms. The van der Waals surface area contributed by atoms with Gasteiger partial charge in [-0.1, -0.05) is 89.9 Å². The number of benzene rings is 2. The van der Waals surface area contributed by atoms with Gasteiger partial charge in [-0.3, -0.25) is 0 Å².